The zero-order valence-electron chi connectivity index (χ0n) is 11.0. The van der Waals surface area contributed by atoms with Crippen molar-refractivity contribution in [2.75, 3.05) is 33.5 Å². The third-order valence-corrected chi connectivity index (χ3v) is 2.58. The molecule has 6 heteroatoms. The van der Waals surface area contributed by atoms with E-state index in [9.17, 15) is 0 Å². The van der Waals surface area contributed by atoms with Crippen molar-refractivity contribution in [3.05, 3.63) is 17.0 Å². The van der Waals surface area contributed by atoms with Gasteiger partial charge in [0.2, 0.25) is 5.88 Å². The smallest absolute Gasteiger partial charge is 0.221 e. The first kappa shape index (κ1) is 15.1. The van der Waals surface area contributed by atoms with Gasteiger partial charge in [-0.25, -0.2) is 9.97 Å². The summed E-state index contributed by atoms with van der Waals surface area (Å²) in [5.74, 6) is 0.739. The molecule has 0 N–H and O–H groups in total. The lowest BCUT2D eigenvalue weighted by molar-refractivity contribution is 0.0534. The van der Waals surface area contributed by atoms with Gasteiger partial charge in [-0.15, -0.1) is 0 Å². The molecule has 0 aromatic carbocycles. The van der Waals surface area contributed by atoms with Crippen molar-refractivity contribution in [1.29, 1.82) is 0 Å². The first-order valence-corrected chi connectivity index (χ1v) is 6.24. The summed E-state index contributed by atoms with van der Waals surface area (Å²) in [5, 5.41) is 0.440. The lowest BCUT2D eigenvalue weighted by atomic mass is 10.1. The van der Waals surface area contributed by atoms with Crippen LogP contribution in [0.4, 0.5) is 0 Å². The predicted octanol–water partition coefficient (Wildman–Crippen LogP) is 2.30. The Bertz CT molecular complexity index is 361. The molecule has 0 aliphatic carbocycles. The topological polar surface area (TPSA) is 53.5 Å². The van der Waals surface area contributed by atoms with Crippen molar-refractivity contribution in [1.82, 2.24) is 9.97 Å². The minimum Gasteiger partial charge on any atom is -0.475 e. The van der Waals surface area contributed by atoms with E-state index in [4.69, 9.17) is 25.8 Å². The van der Waals surface area contributed by atoms with Gasteiger partial charge in [0.05, 0.1) is 25.4 Å². The highest BCUT2D eigenvalue weighted by atomic mass is 35.5. The molecule has 0 unspecified atom stereocenters. The van der Waals surface area contributed by atoms with Gasteiger partial charge in [0.1, 0.15) is 18.1 Å². The highest BCUT2D eigenvalue weighted by molar-refractivity contribution is 6.30. The van der Waals surface area contributed by atoms with Crippen LogP contribution in [0.3, 0.4) is 0 Å². The van der Waals surface area contributed by atoms with Crippen molar-refractivity contribution >= 4 is 11.6 Å². The SMILES string of the molecule is COCCOCCOc1ncnc(Cl)c1C(C)C. The monoisotopic (exact) mass is 274 g/mol. The summed E-state index contributed by atoms with van der Waals surface area (Å²) >= 11 is 6.03. The Morgan fingerprint density at radius 2 is 1.89 bits per heavy atom. The molecule has 1 rings (SSSR count). The summed E-state index contributed by atoms with van der Waals surface area (Å²) < 4.78 is 15.7. The van der Waals surface area contributed by atoms with Gasteiger partial charge in [-0.3, -0.25) is 0 Å². The molecule has 1 heterocycles. The Balaban J connectivity index is 2.44. The molecular weight excluding hydrogens is 256 g/mol. The van der Waals surface area contributed by atoms with Crippen LogP contribution in [0.5, 0.6) is 5.88 Å². The van der Waals surface area contributed by atoms with Crippen LogP contribution in [0.25, 0.3) is 0 Å². The van der Waals surface area contributed by atoms with E-state index in [1.807, 2.05) is 13.8 Å². The molecule has 0 radical (unpaired) electrons. The average molecular weight is 275 g/mol. The molecule has 1 aromatic rings. The molecule has 102 valence electrons. The van der Waals surface area contributed by atoms with E-state index >= 15 is 0 Å². The summed E-state index contributed by atoms with van der Waals surface area (Å²) in [7, 11) is 1.64. The number of methoxy groups -OCH3 is 1. The second-order valence-electron chi connectivity index (χ2n) is 3.99. The minimum absolute atomic E-state index is 0.211. The number of ether oxygens (including phenoxy) is 3. The Morgan fingerprint density at radius 1 is 1.17 bits per heavy atom. The molecule has 0 atom stereocenters. The minimum atomic E-state index is 0.211. The van der Waals surface area contributed by atoms with Gasteiger partial charge >= 0.3 is 0 Å². The summed E-state index contributed by atoms with van der Waals surface area (Å²) in [6.45, 7) is 6.09. The Labute approximate surface area is 112 Å². The van der Waals surface area contributed by atoms with Gasteiger partial charge < -0.3 is 14.2 Å². The van der Waals surface area contributed by atoms with E-state index in [1.54, 1.807) is 7.11 Å². The number of nitrogens with zero attached hydrogens (tertiary/aromatic N) is 2. The molecule has 0 amide bonds. The zero-order valence-corrected chi connectivity index (χ0v) is 11.7. The van der Waals surface area contributed by atoms with Crippen LogP contribution >= 0.6 is 11.6 Å². The van der Waals surface area contributed by atoms with E-state index in [2.05, 4.69) is 9.97 Å². The van der Waals surface area contributed by atoms with Gasteiger partial charge in [0.25, 0.3) is 0 Å². The van der Waals surface area contributed by atoms with Crippen molar-refractivity contribution in [3.8, 4) is 5.88 Å². The molecule has 0 bridgehead atoms. The quantitative estimate of drug-likeness (QED) is 0.538. The fraction of sp³-hybridized carbons (Fsp3) is 0.667. The van der Waals surface area contributed by atoms with Crippen LogP contribution in [0, 0.1) is 0 Å². The van der Waals surface area contributed by atoms with E-state index < -0.39 is 0 Å². The Kier molecular flexibility index (Phi) is 6.93. The van der Waals surface area contributed by atoms with Crippen LogP contribution in [0.15, 0.2) is 6.33 Å². The lowest BCUT2D eigenvalue weighted by Gasteiger charge is -2.13. The van der Waals surface area contributed by atoms with E-state index in [0.29, 0.717) is 37.5 Å². The van der Waals surface area contributed by atoms with Crippen molar-refractivity contribution < 1.29 is 14.2 Å². The van der Waals surface area contributed by atoms with Crippen molar-refractivity contribution in [3.63, 3.8) is 0 Å². The predicted molar refractivity (Wildman–Crippen MR) is 69.3 cm³/mol. The van der Waals surface area contributed by atoms with Crippen LogP contribution < -0.4 is 4.74 Å². The van der Waals surface area contributed by atoms with Gasteiger partial charge in [-0.1, -0.05) is 25.4 Å². The second kappa shape index (κ2) is 8.24. The summed E-state index contributed by atoms with van der Waals surface area (Å²) in [5.41, 5.74) is 0.830. The maximum Gasteiger partial charge on any atom is 0.221 e. The normalized spacial score (nSPS) is 10.9. The number of rotatable bonds is 8. The molecule has 5 nitrogen and oxygen atoms in total. The molecular formula is C12H19ClN2O3. The maximum absolute atomic E-state index is 6.03. The summed E-state index contributed by atoms with van der Waals surface area (Å²) in [4.78, 5) is 8.05. The van der Waals surface area contributed by atoms with Gasteiger partial charge in [-0.05, 0) is 5.92 Å². The van der Waals surface area contributed by atoms with E-state index in [1.165, 1.54) is 6.33 Å². The molecule has 0 aliphatic heterocycles. The maximum atomic E-state index is 6.03. The van der Waals surface area contributed by atoms with Gasteiger partial charge in [0.15, 0.2) is 0 Å². The average Bonchev–Trinajstić information content (AvgIpc) is 2.33. The molecule has 0 aliphatic rings. The lowest BCUT2D eigenvalue weighted by Crippen LogP contribution is -2.12. The largest absolute Gasteiger partial charge is 0.475 e. The van der Waals surface area contributed by atoms with Gasteiger partial charge in [0, 0.05) is 7.11 Å². The Hall–Kier alpha value is -0.910. The number of halogens is 1. The zero-order chi connectivity index (χ0) is 13.4. The van der Waals surface area contributed by atoms with Crippen molar-refractivity contribution in [2.24, 2.45) is 0 Å². The third-order valence-electron chi connectivity index (χ3n) is 2.27. The molecule has 0 fully saturated rings. The number of hydrogen-bond acceptors (Lipinski definition) is 5. The fourth-order valence-corrected chi connectivity index (χ4v) is 1.74. The molecule has 1 aromatic heterocycles. The Morgan fingerprint density at radius 3 is 2.56 bits per heavy atom. The number of aromatic nitrogens is 2. The first-order chi connectivity index (χ1) is 8.66. The number of hydrogen-bond donors (Lipinski definition) is 0. The summed E-state index contributed by atoms with van der Waals surface area (Å²) in [6, 6.07) is 0. The van der Waals surface area contributed by atoms with Crippen LogP contribution in [-0.2, 0) is 9.47 Å². The first-order valence-electron chi connectivity index (χ1n) is 5.86. The second-order valence-corrected chi connectivity index (χ2v) is 4.35. The van der Waals surface area contributed by atoms with E-state index in [0.717, 1.165) is 5.56 Å². The standard InChI is InChI=1S/C12H19ClN2O3/c1-9(2)10-11(13)14-8-15-12(10)18-7-6-17-5-4-16-3/h8-9H,4-7H2,1-3H3. The van der Waals surface area contributed by atoms with Gasteiger partial charge in [-0.2, -0.15) is 0 Å². The highest BCUT2D eigenvalue weighted by Gasteiger charge is 2.14. The third kappa shape index (κ3) is 4.76. The molecule has 0 spiro atoms. The van der Waals surface area contributed by atoms with Crippen LogP contribution in [-0.4, -0.2) is 43.5 Å². The molecule has 0 saturated heterocycles. The van der Waals surface area contributed by atoms with Crippen LogP contribution in [0.1, 0.15) is 25.3 Å². The highest BCUT2D eigenvalue weighted by Crippen LogP contribution is 2.29. The van der Waals surface area contributed by atoms with Crippen molar-refractivity contribution in [2.45, 2.75) is 19.8 Å². The summed E-state index contributed by atoms with van der Waals surface area (Å²) in [6.07, 6.45) is 1.40. The van der Waals surface area contributed by atoms with E-state index in [-0.39, 0.29) is 5.92 Å². The molecule has 18 heavy (non-hydrogen) atoms. The fourth-order valence-electron chi connectivity index (χ4n) is 1.40. The molecule has 0 saturated carbocycles. The van der Waals surface area contributed by atoms with Crippen LogP contribution in [0.2, 0.25) is 5.15 Å².